The molecule has 11 nitrogen and oxygen atoms in total. The average Bonchev–Trinajstić information content (AvgIpc) is 2.55. The van der Waals surface area contributed by atoms with Gasteiger partial charge >= 0.3 is 0 Å². The van der Waals surface area contributed by atoms with Crippen molar-refractivity contribution in [1.29, 1.82) is 0 Å². The largest absolute Gasteiger partial charge is 0.322 e. The predicted octanol–water partition coefficient (Wildman–Crippen LogP) is 2.97. The molecule has 0 aliphatic carbocycles. The van der Waals surface area contributed by atoms with Gasteiger partial charge in [-0.1, -0.05) is 6.07 Å². The Morgan fingerprint density at radius 3 is 1.92 bits per heavy atom. The van der Waals surface area contributed by atoms with Crippen molar-refractivity contribution in [3.63, 3.8) is 0 Å². The van der Waals surface area contributed by atoms with E-state index in [1.54, 1.807) is 0 Å². The molecule has 0 fully saturated rings. The zero-order chi connectivity index (χ0) is 18.7. The molecule has 0 aliphatic heterocycles. The first-order valence-corrected chi connectivity index (χ1v) is 6.69. The van der Waals surface area contributed by atoms with Gasteiger partial charge in [-0.15, -0.1) is 0 Å². The first kappa shape index (κ1) is 17.5. The van der Waals surface area contributed by atoms with Crippen molar-refractivity contribution in [3.05, 3.63) is 77.9 Å². The molecule has 0 atom stereocenters. The molecule has 128 valence electrons. The van der Waals surface area contributed by atoms with E-state index >= 15 is 0 Å². The van der Waals surface area contributed by atoms with Crippen LogP contribution < -0.4 is 5.32 Å². The summed E-state index contributed by atoms with van der Waals surface area (Å²) in [6.45, 7) is 1.52. The van der Waals surface area contributed by atoms with Gasteiger partial charge in [0.05, 0.1) is 26.4 Å². The Hall–Kier alpha value is -3.89. The highest BCUT2D eigenvalue weighted by molar-refractivity contribution is 6.05. The molecular formula is C14H10N4O7. The van der Waals surface area contributed by atoms with Crippen molar-refractivity contribution in [2.45, 2.75) is 6.92 Å². The van der Waals surface area contributed by atoms with Gasteiger partial charge in [0.15, 0.2) is 0 Å². The van der Waals surface area contributed by atoms with Crippen LogP contribution in [0.4, 0.5) is 22.7 Å². The molecule has 2 rings (SSSR count). The lowest BCUT2D eigenvalue weighted by Crippen LogP contribution is -2.13. The Morgan fingerprint density at radius 1 is 0.880 bits per heavy atom. The Bertz CT molecular complexity index is 878. The second kappa shape index (κ2) is 6.70. The highest BCUT2D eigenvalue weighted by Crippen LogP contribution is 2.25. The normalized spacial score (nSPS) is 10.1. The molecule has 0 aromatic heterocycles. The molecule has 2 aromatic rings. The minimum Gasteiger partial charge on any atom is -0.322 e. The van der Waals surface area contributed by atoms with Gasteiger partial charge < -0.3 is 5.32 Å². The molecule has 11 heteroatoms. The van der Waals surface area contributed by atoms with Gasteiger partial charge in [-0.2, -0.15) is 0 Å². The van der Waals surface area contributed by atoms with Crippen molar-refractivity contribution in [1.82, 2.24) is 0 Å². The summed E-state index contributed by atoms with van der Waals surface area (Å²) >= 11 is 0. The summed E-state index contributed by atoms with van der Waals surface area (Å²) in [4.78, 5) is 42.5. The van der Waals surface area contributed by atoms with Crippen LogP contribution >= 0.6 is 0 Å². The van der Waals surface area contributed by atoms with E-state index in [-0.39, 0.29) is 16.9 Å². The van der Waals surface area contributed by atoms with Gasteiger partial charge in [-0.3, -0.25) is 35.1 Å². The van der Waals surface area contributed by atoms with E-state index < -0.39 is 32.1 Å². The number of hydrogen-bond donors (Lipinski definition) is 1. The molecule has 2 aromatic carbocycles. The summed E-state index contributed by atoms with van der Waals surface area (Å²) in [6, 6.07) is 6.44. The lowest BCUT2D eigenvalue weighted by atomic mass is 10.1. The number of carbonyl (C=O) groups is 1. The number of nitro groups is 3. The highest BCUT2D eigenvalue weighted by atomic mass is 16.6. The fourth-order valence-corrected chi connectivity index (χ4v) is 2.02. The zero-order valence-electron chi connectivity index (χ0n) is 12.7. The molecule has 1 N–H and O–H groups in total. The van der Waals surface area contributed by atoms with Crippen molar-refractivity contribution in [2.24, 2.45) is 0 Å². The van der Waals surface area contributed by atoms with Gasteiger partial charge in [0.1, 0.15) is 0 Å². The van der Waals surface area contributed by atoms with Crippen LogP contribution in [0.1, 0.15) is 15.9 Å². The number of non-ortho nitro benzene ring substituents is 2. The van der Waals surface area contributed by atoms with Crippen molar-refractivity contribution >= 4 is 28.7 Å². The fraction of sp³-hybridized carbons (Fsp3) is 0.0714. The van der Waals surface area contributed by atoms with Gasteiger partial charge in [0, 0.05) is 29.4 Å². The van der Waals surface area contributed by atoms with Crippen LogP contribution in [-0.2, 0) is 0 Å². The Kier molecular flexibility index (Phi) is 4.68. The molecule has 25 heavy (non-hydrogen) atoms. The summed E-state index contributed by atoms with van der Waals surface area (Å²) in [5.74, 6) is -0.870. The molecule has 0 saturated heterocycles. The van der Waals surface area contributed by atoms with Gasteiger partial charge in [0.25, 0.3) is 23.0 Å². The van der Waals surface area contributed by atoms with E-state index in [4.69, 9.17) is 0 Å². The monoisotopic (exact) mass is 346 g/mol. The Morgan fingerprint density at radius 2 is 1.44 bits per heavy atom. The standard InChI is InChI=1S/C14H10N4O7/c1-8-2-3-10(6-13(8)18(24)25)15-14(19)9-4-11(16(20)21)7-12(5-9)17(22)23/h2-7H,1H3,(H,15,19). The number of nitro benzene ring substituents is 3. The van der Waals surface area contributed by atoms with E-state index in [1.807, 2.05) is 0 Å². The molecular weight excluding hydrogens is 336 g/mol. The third-order valence-electron chi connectivity index (χ3n) is 3.25. The lowest BCUT2D eigenvalue weighted by Gasteiger charge is -2.06. The average molecular weight is 346 g/mol. The molecule has 0 spiro atoms. The summed E-state index contributed by atoms with van der Waals surface area (Å²) in [6.07, 6.45) is 0. The van der Waals surface area contributed by atoms with Crippen LogP contribution in [0.25, 0.3) is 0 Å². The summed E-state index contributed by atoms with van der Waals surface area (Å²) in [7, 11) is 0. The van der Waals surface area contributed by atoms with Crippen LogP contribution in [0, 0.1) is 37.3 Å². The van der Waals surface area contributed by atoms with E-state index in [0.29, 0.717) is 5.56 Å². The molecule has 0 aliphatic rings. The third-order valence-corrected chi connectivity index (χ3v) is 3.25. The SMILES string of the molecule is Cc1ccc(NC(=O)c2cc([N+](=O)[O-])cc([N+](=O)[O-])c2)cc1[N+](=O)[O-]. The predicted molar refractivity (Wildman–Crippen MR) is 85.5 cm³/mol. The summed E-state index contributed by atoms with van der Waals surface area (Å²) in [5.41, 5.74) is -1.30. The van der Waals surface area contributed by atoms with Gasteiger partial charge in [-0.05, 0) is 13.0 Å². The summed E-state index contributed by atoms with van der Waals surface area (Å²) < 4.78 is 0. The molecule has 1 amide bonds. The van der Waals surface area contributed by atoms with Crippen molar-refractivity contribution in [2.75, 3.05) is 5.32 Å². The number of rotatable bonds is 5. The van der Waals surface area contributed by atoms with Crippen LogP contribution in [0.5, 0.6) is 0 Å². The Balaban J connectivity index is 2.38. The van der Waals surface area contributed by atoms with Gasteiger partial charge in [-0.25, -0.2) is 0 Å². The molecule has 0 heterocycles. The minimum atomic E-state index is -0.870. The topological polar surface area (TPSA) is 159 Å². The molecule has 0 radical (unpaired) electrons. The number of nitrogens with one attached hydrogen (secondary N) is 1. The van der Waals surface area contributed by atoms with E-state index in [2.05, 4.69) is 5.32 Å². The van der Waals surface area contributed by atoms with Crippen molar-refractivity contribution < 1.29 is 19.6 Å². The Labute approximate surface area is 139 Å². The second-order valence-corrected chi connectivity index (χ2v) is 4.96. The number of anilines is 1. The lowest BCUT2D eigenvalue weighted by molar-refractivity contribution is -0.394. The smallest absolute Gasteiger partial charge is 0.277 e. The minimum absolute atomic E-state index is 0.0801. The zero-order valence-corrected chi connectivity index (χ0v) is 12.7. The van der Waals surface area contributed by atoms with Gasteiger partial charge in [0.2, 0.25) is 0 Å². The maximum Gasteiger partial charge on any atom is 0.277 e. The van der Waals surface area contributed by atoms with Crippen LogP contribution in [0.2, 0.25) is 0 Å². The van der Waals surface area contributed by atoms with E-state index in [0.717, 1.165) is 24.3 Å². The number of amides is 1. The molecule has 0 bridgehead atoms. The maximum atomic E-state index is 12.2. The molecule has 0 unspecified atom stereocenters. The third kappa shape index (κ3) is 3.90. The van der Waals surface area contributed by atoms with Crippen molar-refractivity contribution in [3.8, 4) is 0 Å². The van der Waals surface area contributed by atoms with Crippen LogP contribution in [-0.4, -0.2) is 20.7 Å². The highest BCUT2D eigenvalue weighted by Gasteiger charge is 2.20. The first-order chi connectivity index (χ1) is 11.7. The number of nitrogens with zero attached hydrogens (tertiary/aromatic N) is 3. The number of aryl methyl sites for hydroxylation is 1. The van der Waals surface area contributed by atoms with Crippen LogP contribution in [0.3, 0.4) is 0 Å². The number of benzene rings is 2. The van der Waals surface area contributed by atoms with E-state index in [9.17, 15) is 35.1 Å². The quantitative estimate of drug-likeness (QED) is 0.643. The molecule has 0 saturated carbocycles. The first-order valence-electron chi connectivity index (χ1n) is 6.69. The fourth-order valence-electron chi connectivity index (χ4n) is 2.02. The second-order valence-electron chi connectivity index (χ2n) is 4.96. The number of hydrogen-bond acceptors (Lipinski definition) is 7. The van der Waals surface area contributed by atoms with E-state index in [1.165, 1.54) is 19.1 Å². The summed E-state index contributed by atoms with van der Waals surface area (Å²) in [5, 5.41) is 34.9. The number of carbonyl (C=O) groups excluding carboxylic acids is 1. The van der Waals surface area contributed by atoms with Crippen LogP contribution in [0.15, 0.2) is 36.4 Å². The maximum absolute atomic E-state index is 12.2.